The molecule has 1 rings (SSSR count). The van der Waals surface area contributed by atoms with E-state index in [9.17, 15) is 0 Å². The molecule has 0 bridgehead atoms. The van der Waals surface area contributed by atoms with Gasteiger partial charge in [-0.2, -0.15) is 0 Å². The summed E-state index contributed by atoms with van der Waals surface area (Å²) >= 11 is 0. The maximum Gasteiger partial charge on any atom is 0.0568 e. The van der Waals surface area contributed by atoms with Crippen molar-refractivity contribution in [2.24, 2.45) is 11.6 Å². The first-order valence-corrected chi connectivity index (χ1v) is 4.67. The summed E-state index contributed by atoms with van der Waals surface area (Å²) in [5.41, 5.74) is 7.80. The summed E-state index contributed by atoms with van der Waals surface area (Å²) in [6.45, 7) is 3.89. The number of allylic oxidation sites excluding steroid dienone is 1. The number of anilines is 1. The summed E-state index contributed by atoms with van der Waals surface area (Å²) < 4.78 is 0. The second-order valence-corrected chi connectivity index (χ2v) is 3.27. The van der Waals surface area contributed by atoms with Crippen molar-refractivity contribution in [3.8, 4) is 0 Å². The van der Waals surface area contributed by atoms with Crippen LogP contribution in [0.25, 0.3) is 0 Å². The van der Waals surface area contributed by atoms with Gasteiger partial charge < -0.3 is 5.73 Å². The molecule has 4 N–H and O–H groups in total. The molecule has 3 heteroatoms. The molecule has 0 spiro atoms. The van der Waals surface area contributed by atoms with E-state index in [4.69, 9.17) is 11.6 Å². The number of hydrogen-bond acceptors (Lipinski definition) is 3. The van der Waals surface area contributed by atoms with E-state index >= 15 is 0 Å². The lowest BCUT2D eigenvalue weighted by Gasteiger charge is -2.14. The average Bonchev–Trinajstić information content (AvgIpc) is 2.18. The second kappa shape index (κ2) is 4.79. The van der Waals surface area contributed by atoms with Crippen LogP contribution in [-0.4, -0.2) is 0 Å². The fraction of sp³-hybridized carbons (Fsp3) is 0.273. The van der Waals surface area contributed by atoms with E-state index in [0.29, 0.717) is 0 Å². The van der Waals surface area contributed by atoms with Gasteiger partial charge in [-0.05, 0) is 31.5 Å². The Balaban J connectivity index is 2.82. The number of benzene rings is 1. The molecule has 3 nitrogen and oxygen atoms in total. The molecular formula is C11H17N3. The van der Waals surface area contributed by atoms with Gasteiger partial charge >= 0.3 is 0 Å². The fourth-order valence-electron chi connectivity index (χ4n) is 1.20. The summed E-state index contributed by atoms with van der Waals surface area (Å²) in [5.74, 6) is 5.75. The molecule has 0 aliphatic rings. The maximum atomic E-state index is 5.75. The van der Waals surface area contributed by atoms with Crippen molar-refractivity contribution < 1.29 is 0 Å². The minimum atomic E-state index is 0.0667. The zero-order valence-electron chi connectivity index (χ0n) is 8.64. The average molecular weight is 191 g/mol. The Kier molecular flexibility index (Phi) is 3.68. The molecule has 0 saturated heterocycles. The predicted octanol–water partition coefficient (Wildman–Crippen LogP) is 1.92. The molecule has 1 aromatic carbocycles. The molecule has 1 unspecified atom stereocenters. The first-order chi connectivity index (χ1) is 6.65. The van der Waals surface area contributed by atoms with Crippen molar-refractivity contribution in [3.05, 3.63) is 42.1 Å². The predicted molar refractivity (Wildman–Crippen MR) is 60.5 cm³/mol. The van der Waals surface area contributed by atoms with Crippen LogP contribution >= 0.6 is 0 Å². The third-order valence-electron chi connectivity index (χ3n) is 2.03. The molecule has 1 aromatic rings. The highest BCUT2D eigenvalue weighted by molar-refractivity contribution is 5.48. The molecule has 0 radical (unpaired) electrons. The largest absolute Gasteiger partial charge is 0.324 e. The standard InChI is InChI=1S/C11H17N3/c1-3-8-14(13)11-6-4-10(5-7-11)9(2)12/h3-9H,12-13H2,1-2H3/b8-3-. The lowest BCUT2D eigenvalue weighted by Crippen LogP contribution is -2.23. The third kappa shape index (κ3) is 2.58. The van der Waals surface area contributed by atoms with Gasteiger partial charge in [-0.15, -0.1) is 0 Å². The molecule has 0 heterocycles. The van der Waals surface area contributed by atoms with Crippen LogP contribution in [0, 0.1) is 0 Å². The zero-order chi connectivity index (χ0) is 10.6. The molecular weight excluding hydrogens is 174 g/mol. The van der Waals surface area contributed by atoms with Crippen LogP contribution in [0.5, 0.6) is 0 Å². The Morgan fingerprint density at radius 1 is 1.29 bits per heavy atom. The maximum absolute atomic E-state index is 5.75. The Morgan fingerprint density at radius 3 is 2.29 bits per heavy atom. The van der Waals surface area contributed by atoms with Crippen LogP contribution in [0.2, 0.25) is 0 Å². The molecule has 14 heavy (non-hydrogen) atoms. The van der Waals surface area contributed by atoms with Crippen molar-refractivity contribution in [1.82, 2.24) is 0 Å². The van der Waals surface area contributed by atoms with Gasteiger partial charge in [-0.1, -0.05) is 18.2 Å². The molecule has 76 valence electrons. The first kappa shape index (κ1) is 10.8. The highest BCUT2D eigenvalue weighted by Gasteiger charge is 2.00. The molecule has 0 aromatic heterocycles. The van der Waals surface area contributed by atoms with Gasteiger partial charge in [0.05, 0.1) is 5.69 Å². The van der Waals surface area contributed by atoms with Crippen molar-refractivity contribution in [2.45, 2.75) is 19.9 Å². The second-order valence-electron chi connectivity index (χ2n) is 3.27. The Morgan fingerprint density at radius 2 is 1.86 bits per heavy atom. The van der Waals surface area contributed by atoms with E-state index in [1.54, 1.807) is 11.2 Å². The minimum absolute atomic E-state index is 0.0667. The molecule has 0 aliphatic heterocycles. The third-order valence-corrected chi connectivity index (χ3v) is 2.03. The monoisotopic (exact) mass is 191 g/mol. The van der Waals surface area contributed by atoms with Crippen LogP contribution in [0.1, 0.15) is 25.5 Å². The van der Waals surface area contributed by atoms with Crippen molar-refractivity contribution in [1.29, 1.82) is 0 Å². The van der Waals surface area contributed by atoms with Crippen LogP contribution in [0.15, 0.2) is 36.5 Å². The van der Waals surface area contributed by atoms with Gasteiger partial charge in [0, 0.05) is 12.2 Å². The lowest BCUT2D eigenvalue weighted by molar-refractivity contribution is 0.818. The summed E-state index contributed by atoms with van der Waals surface area (Å²) in [4.78, 5) is 0. The Hall–Kier alpha value is -1.32. The molecule has 0 amide bonds. The topological polar surface area (TPSA) is 55.3 Å². The number of nitrogens with two attached hydrogens (primary N) is 2. The zero-order valence-corrected chi connectivity index (χ0v) is 8.64. The molecule has 1 atom stereocenters. The van der Waals surface area contributed by atoms with E-state index in [1.807, 2.05) is 44.2 Å². The lowest BCUT2D eigenvalue weighted by atomic mass is 10.1. The van der Waals surface area contributed by atoms with E-state index in [2.05, 4.69) is 0 Å². The van der Waals surface area contributed by atoms with Gasteiger partial charge in [0.2, 0.25) is 0 Å². The SMILES string of the molecule is C/C=C\N(N)c1ccc(C(C)N)cc1. The summed E-state index contributed by atoms with van der Waals surface area (Å²) in [6, 6.07) is 7.96. The summed E-state index contributed by atoms with van der Waals surface area (Å²) in [7, 11) is 0. The molecule has 0 aliphatic carbocycles. The van der Waals surface area contributed by atoms with Crippen molar-refractivity contribution in [2.75, 3.05) is 5.01 Å². The van der Waals surface area contributed by atoms with E-state index in [0.717, 1.165) is 11.3 Å². The fourth-order valence-corrected chi connectivity index (χ4v) is 1.20. The van der Waals surface area contributed by atoms with Gasteiger partial charge in [0.15, 0.2) is 0 Å². The number of hydrogen-bond donors (Lipinski definition) is 2. The van der Waals surface area contributed by atoms with Gasteiger partial charge in [0.1, 0.15) is 0 Å². The Labute approximate surface area is 85.0 Å². The van der Waals surface area contributed by atoms with Crippen molar-refractivity contribution >= 4 is 5.69 Å². The summed E-state index contributed by atoms with van der Waals surface area (Å²) in [6.07, 6.45) is 3.69. The minimum Gasteiger partial charge on any atom is -0.324 e. The van der Waals surface area contributed by atoms with E-state index in [-0.39, 0.29) is 6.04 Å². The van der Waals surface area contributed by atoms with Gasteiger partial charge in [-0.25, -0.2) is 5.84 Å². The van der Waals surface area contributed by atoms with E-state index in [1.165, 1.54) is 0 Å². The van der Waals surface area contributed by atoms with E-state index < -0.39 is 0 Å². The summed E-state index contributed by atoms with van der Waals surface area (Å²) in [5, 5.41) is 1.57. The van der Waals surface area contributed by atoms with Crippen LogP contribution in [0.4, 0.5) is 5.69 Å². The smallest absolute Gasteiger partial charge is 0.0568 e. The van der Waals surface area contributed by atoms with Crippen LogP contribution in [-0.2, 0) is 0 Å². The van der Waals surface area contributed by atoms with Gasteiger partial charge in [-0.3, -0.25) is 5.01 Å². The highest BCUT2D eigenvalue weighted by Crippen LogP contribution is 2.16. The quantitative estimate of drug-likeness (QED) is 0.567. The van der Waals surface area contributed by atoms with Crippen LogP contribution in [0.3, 0.4) is 0 Å². The Bertz CT molecular complexity index is 301. The van der Waals surface area contributed by atoms with Crippen molar-refractivity contribution in [3.63, 3.8) is 0 Å². The number of hydrazine groups is 1. The molecule has 0 saturated carbocycles. The van der Waals surface area contributed by atoms with Gasteiger partial charge in [0.25, 0.3) is 0 Å². The molecule has 0 fully saturated rings. The highest BCUT2D eigenvalue weighted by atomic mass is 15.4. The first-order valence-electron chi connectivity index (χ1n) is 4.67. The van der Waals surface area contributed by atoms with Crippen LogP contribution < -0.4 is 16.6 Å². The number of nitrogens with zero attached hydrogens (tertiary/aromatic N) is 1. The normalized spacial score (nSPS) is 13.1. The number of rotatable bonds is 3.